The van der Waals surface area contributed by atoms with Crippen molar-refractivity contribution in [2.24, 2.45) is 10.8 Å². The second-order valence-corrected chi connectivity index (χ2v) is 17.7. The van der Waals surface area contributed by atoms with Crippen molar-refractivity contribution < 1.29 is 69.0 Å². The zero-order valence-corrected chi connectivity index (χ0v) is 35.3. The molecule has 62 heavy (non-hydrogen) atoms. The minimum atomic E-state index is -3.49. The summed E-state index contributed by atoms with van der Waals surface area (Å²) in [4.78, 5) is 75.6. The second-order valence-electron chi connectivity index (χ2n) is 14.2. The number of carbonyl (C=O) groups excluding carboxylic acids is 5. The van der Waals surface area contributed by atoms with Crippen LogP contribution in [-0.2, 0) is 41.3 Å². The first kappa shape index (κ1) is 51.7. The molecular formula is C34H46F4N10O11S3-2. The van der Waals surface area contributed by atoms with Crippen LogP contribution in [0.5, 0.6) is 0 Å². The van der Waals surface area contributed by atoms with E-state index in [4.69, 9.17) is 16.4 Å². The minimum Gasteiger partial charge on any atom is -0.772 e. The molecule has 1 aromatic rings. The summed E-state index contributed by atoms with van der Waals surface area (Å²) in [5, 5.41) is 22.3. The highest BCUT2D eigenvalue weighted by molar-refractivity contribution is 8.00. The fraction of sp³-hybridized carbons (Fsp3) is 0.647. The summed E-state index contributed by atoms with van der Waals surface area (Å²) in [5.74, 6) is -13.9. The number of amides is 6. The average molecular weight is 943 g/mol. The second kappa shape index (κ2) is 25.5. The van der Waals surface area contributed by atoms with Crippen molar-refractivity contribution in [1.82, 2.24) is 31.9 Å². The van der Waals surface area contributed by atoms with Crippen molar-refractivity contribution in [2.45, 2.75) is 117 Å². The number of rotatable bonds is 27. The number of nitrogens with zero attached hydrogens (tertiary/aromatic N) is 3. The average Bonchev–Trinajstić information content (AvgIpc) is 3.77. The van der Waals surface area contributed by atoms with Gasteiger partial charge >= 0.3 is 12.0 Å². The normalized spacial score (nSPS) is 19.6. The molecular weight excluding hydrogens is 897 g/mol. The van der Waals surface area contributed by atoms with Crippen LogP contribution in [0.2, 0.25) is 0 Å². The number of thioether (sulfide) groups is 1. The van der Waals surface area contributed by atoms with Crippen LogP contribution >= 0.6 is 11.8 Å². The molecule has 0 bridgehead atoms. The first-order valence-electron chi connectivity index (χ1n) is 19.3. The van der Waals surface area contributed by atoms with Gasteiger partial charge < -0.3 is 51.8 Å². The van der Waals surface area contributed by atoms with Crippen molar-refractivity contribution in [2.75, 3.05) is 18.8 Å². The predicted molar refractivity (Wildman–Crippen MR) is 212 cm³/mol. The molecule has 3 rings (SSSR count). The molecule has 28 heteroatoms. The number of carboxylic acids is 1. The zero-order chi connectivity index (χ0) is 46.1. The lowest BCUT2D eigenvalue weighted by Gasteiger charge is -2.33. The van der Waals surface area contributed by atoms with Gasteiger partial charge in [-0.15, -0.1) is 0 Å². The third kappa shape index (κ3) is 15.3. The summed E-state index contributed by atoms with van der Waals surface area (Å²) in [6, 6.07) is -3.78. The van der Waals surface area contributed by atoms with Crippen LogP contribution in [0.15, 0.2) is 5.11 Å². The molecule has 346 valence electrons. The van der Waals surface area contributed by atoms with Gasteiger partial charge in [-0.3, -0.25) is 32.4 Å². The van der Waals surface area contributed by atoms with Crippen LogP contribution in [0, 0.1) is 23.3 Å². The Hall–Kier alpha value is -4.60. The summed E-state index contributed by atoms with van der Waals surface area (Å²) in [6.45, 7) is 0.425. The molecule has 9 unspecified atom stereocenters. The number of benzene rings is 1. The van der Waals surface area contributed by atoms with Crippen molar-refractivity contribution >= 4 is 75.2 Å². The van der Waals surface area contributed by atoms with E-state index in [1.807, 2.05) is 16.7 Å². The van der Waals surface area contributed by atoms with Gasteiger partial charge in [-0.05, 0) is 79.1 Å². The molecule has 2 aliphatic rings. The lowest BCUT2D eigenvalue weighted by atomic mass is 10.0. The summed E-state index contributed by atoms with van der Waals surface area (Å²) in [7, 11) is 0. The van der Waals surface area contributed by atoms with E-state index in [-0.39, 0.29) is 55.7 Å². The number of azide groups is 1. The number of hydrogen-bond acceptors (Lipinski definition) is 13. The van der Waals surface area contributed by atoms with Crippen LogP contribution in [0.1, 0.15) is 87.4 Å². The number of nitrogens with two attached hydrogens (primary N) is 1. The Balaban J connectivity index is 1.48. The van der Waals surface area contributed by atoms with E-state index < -0.39 is 110 Å². The van der Waals surface area contributed by atoms with E-state index in [0.717, 1.165) is 18.6 Å². The Morgan fingerprint density at radius 2 is 1.48 bits per heavy atom. The molecule has 0 saturated carbocycles. The van der Waals surface area contributed by atoms with Gasteiger partial charge in [0, 0.05) is 41.8 Å². The number of fused-ring (bicyclic) bond motifs is 1. The molecule has 0 aromatic heterocycles. The first-order valence-corrected chi connectivity index (χ1v) is 22.6. The van der Waals surface area contributed by atoms with E-state index in [1.165, 1.54) is 0 Å². The molecule has 1 aromatic carbocycles. The maximum Gasteiger partial charge on any atom is 0.320 e. The Morgan fingerprint density at radius 3 is 2.05 bits per heavy atom. The fourth-order valence-corrected chi connectivity index (χ4v) is 9.87. The van der Waals surface area contributed by atoms with Crippen LogP contribution < -0.4 is 37.6 Å². The smallest absolute Gasteiger partial charge is 0.320 e. The maximum absolute atomic E-state index is 14.8. The van der Waals surface area contributed by atoms with Crippen molar-refractivity contribution in [3.8, 4) is 0 Å². The predicted octanol–water partition coefficient (Wildman–Crippen LogP) is 1.34. The largest absolute Gasteiger partial charge is 0.772 e. The van der Waals surface area contributed by atoms with Crippen LogP contribution in [-0.4, -0.2) is 117 Å². The van der Waals surface area contributed by atoms with Gasteiger partial charge in [0.25, 0.3) is 5.91 Å². The molecule has 0 spiro atoms. The minimum absolute atomic E-state index is 0.00143. The number of aliphatic carboxylic acids is 1. The van der Waals surface area contributed by atoms with E-state index in [0.29, 0.717) is 43.9 Å². The van der Waals surface area contributed by atoms with Gasteiger partial charge in [0.2, 0.25) is 17.7 Å². The maximum atomic E-state index is 14.8. The van der Waals surface area contributed by atoms with E-state index >= 15 is 0 Å². The van der Waals surface area contributed by atoms with E-state index in [9.17, 15) is 63.9 Å². The highest BCUT2D eigenvalue weighted by Crippen LogP contribution is 2.33. The zero-order valence-electron chi connectivity index (χ0n) is 32.8. The Morgan fingerprint density at radius 1 is 0.887 bits per heavy atom. The van der Waals surface area contributed by atoms with Gasteiger partial charge in [-0.2, -0.15) is 11.8 Å². The fourth-order valence-electron chi connectivity index (χ4n) is 6.58. The number of hydrogen-bond donors (Lipinski definition) is 8. The highest BCUT2D eigenvalue weighted by atomic mass is 32.2. The summed E-state index contributed by atoms with van der Waals surface area (Å²) < 4.78 is 106. The lowest BCUT2D eigenvalue weighted by Crippen LogP contribution is -2.56. The molecule has 2 fully saturated rings. The topological polar surface area (TPSA) is 350 Å². The van der Waals surface area contributed by atoms with Crippen molar-refractivity contribution in [1.29, 1.82) is 0 Å². The number of halogens is 4. The lowest BCUT2D eigenvalue weighted by molar-refractivity contribution is -0.138. The summed E-state index contributed by atoms with van der Waals surface area (Å²) in [5.41, 5.74) is 10.2. The van der Waals surface area contributed by atoms with Crippen LogP contribution in [0.3, 0.4) is 0 Å². The molecule has 9 N–H and O–H groups in total. The highest BCUT2D eigenvalue weighted by Gasteiger charge is 2.42. The number of nitrogens with one attached hydrogen (secondary N) is 6. The molecule has 6 amide bonds. The molecule has 2 saturated heterocycles. The molecule has 0 radical (unpaired) electrons. The molecule has 9 atom stereocenters. The summed E-state index contributed by atoms with van der Waals surface area (Å²) in [6.07, 6.45) is 3.14. The number of carboxylic acid groups (broad SMARTS) is 1. The van der Waals surface area contributed by atoms with Crippen LogP contribution in [0.25, 0.3) is 10.4 Å². The Bertz CT molecular complexity index is 1890. The first-order chi connectivity index (χ1) is 29.4. The van der Waals surface area contributed by atoms with Gasteiger partial charge in [-0.1, -0.05) is 18.0 Å². The van der Waals surface area contributed by atoms with Crippen molar-refractivity contribution in [3.63, 3.8) is 0 Å². The van der Waals surface area contributed by atoms with E-state index in [1.54, 1.807) is 10.6 Å². The number of carbonyl (C=O) groups is 6. The Labute approximate surface area is 361 Å². The number of urea groups is 1. The third-order valence-corrected chi connectivity index (χ3v) is 13.3. The van der Waals surface area contributed by atoms with E-state index in [2.05, 4.69) is 26.4 Å². The van der Waals surface area contributed by atoms with Gasteiger partial charge in [0.15, 0.2) is 23.3 Å². The third-order valence-electron chi connectivity index (χ3n) is 9.84. The monoisotopic (exact) mass is 942 g/mol. The standard InChI is InChI=1S/C34H48F4N10O11S3/c35-24-23(25(36)27(38)29(26(24)37)47-48-40)31(52)43-17(30(51)46-32(62(58)59)20(61(56)57)14-16(39)33(53)54)8-5-7-13-42-21(49)10-2-1-6-12-41-22(50)11-4-3-9-19-28-18(15-60-19)44-34(55)45-28/h16-20,28,32H,1-15,39H2,(H,41,50)(H,42,49)(H,43,52)(H,46,51)(H,53,54)(H,56,57)(H,58,59)(H2,44,45,55)/p-2. The SMILES string of the molecule is [N-]=[N+]=Nc1c(F)c(F)c(C(=O)NC(CCCCNC(=O)CCCCCNC(=O)CCCCC2SCC3NC(=O)NC32)C(=O)NC(C(CC(N)C(=O)O)S(=O)[O-])S(=O)[O-])c(F)c1F. The van der Waals surface area contributed by atoms with Gasteiger partial charge in [0.1, 0.15) is 28.7 Å². The van der Waals surface area contributed by atoms with Gasteiger partial charge in [-0.25, -0.2) is 22.4 Å². The Kier molecular flexibility index (Phi) is 21.3. The molecule has 2 aliphatic heterocycles. The molecule has 21 nitrogen and oxygen atoms in total. The van der Waals surface area contributed by atoms with Gasteiger partial charge in [0.05, 0.1) is 17.3 Å². The van der Waals surface area contributed by atoms with Crippen LogP contribution in [0.4, 0.5) is 28.0 Å². The van der Waals surface area contributed by atoms with Crippen molar-refractivity contribution in [3.05, 3.63) is 39.3 Å². The number of unbranched alkanes of at least 4 members (excludes halogenated alkanes) is 4. The molecule has 0 aliphatic carbocycles. The summed E-state index contributed by atoms with van der Waals surface area (Å²) >= 11 is -5.05. The quantitative estimate of drug-likeness (QED) is 0.00904. The molecule has 2 heterocycles.